The molecular formula is C15H17N3O3. The van der Waals surface area contributed by atoms with Crippen LogP contribution in [0.2, 0.25) is 0 Å². The molecule has 1 aliphatic heterocycles. The van der Waals surface area contributed by atoms with Crippen LogP contribution in [0, 0.1) is 18.3 Å². The molecule has 0 bridgehead atoms. The van der Waals surface area contributed by atoms with Crippen molar-refractivity contribution < 1.29 is 14.7 Å². The van der Waals surface area contributed by atoms with Crippen LogP contribution >= 0.6 is 0 Å². The SMILES string of the molecule is Cc1ccc(C#N)cc1NC(=O)N1CCCC1(C)C(=O)O. The highest BCUT2D eigenvalue weighted by Gasteiger charge is 2.46. The monoisotopic (exact) mass is 287 g/mol. The number of aliphatic carboxylic acids is 1. The van der Waals surface area contributed by atoms with Gasteiger partial charge in [-0.1, -0.05) is 6.07 Å². The maximum Gasteiger partial charge on any atom is 0.329 e. The van der Waals surface area contributed by atoms with Gasteiger partial charge in [-0.25, -0.2) is 9.59 Å². The number of benzene rings is 1. The predicted molar refractivity (Wildman–Crippen MR) is 76.9 cm³/mol. The molecule has 2 amide bonds. The molecule has 0 spiro atoms. The topological polar surface area (TPSA) is 93.4 Å². The molecular weight excluding hydrogens is 270 g/mol. The van der Waals surface area contributed by atoms with E-state index >= 15 is 0 Å². The Bertz CT molecular complexity index is 636. The van der Waals surface area contributed by atoms with Gasteiger partial charge in [0, 0.05) is 12.2 Å². The summed E-state index contributed by atoms with van der Waals surface area (Å²) in [6, 6.07) is 6.56. The number of nitrogens with zero attached hydrogens (tertiary/aromatic N) is 2. The van der Waals surface area contributed by atoms with Crippen LogP contribution < -0.4 is 5.32 Å². The van der Waals surface area contributed by atoms with E-state index in [9.17, 15) is 14.7 Å². The number of carbonyl (C=O) groups excluding carboxylic acids is 1. The molecule has 6 nitrogen and oxygen atoms in total. The van der Waals surface area contributed by atoms with Crippen molar-refractivity contribution in [3.8, 4) is 6.07 Å². The summed E-state index contributed by atoms with van der Waals surface area (Å²) in [5, 5.41) is 20.9. The molecule has 0 aromatic heterocycles. The summed E-state index contributed by atoms with van der Waals surface area (Å²) in [6.45, 7) is 3.78. The highest BCUT2D eigenvalue weighted by atomic mass is 16.4. The molecule has 1 aliphatic rings. The second kappa shape index (κ2) is 5.44. The molecule has 2 N–H and O–H groups in total. The highest BCUT2D eigenvalue weighted by Crippen LogP contribution is 2.30. The summed E-state index contributed by atoms with van der Waals surface area (Å²) in [7, 11) is 0. The first-order chi connectivity index (χ1) is 9.88. The van der Waals surface area contributed by atoms with Crippen molar-refractivity contribution in [3.63, 3.8) is 0 Å². The van der Waals surface area contributed by atoms with E-state index in [0.717, 1.165) is 5.56 Å². The fourth-order valence-corrected chi connectivity index (χ4v) is 2.52. The quantitative estimate of drug-likeness (QED) is 0.873. The first kappa shape index (κ1) is 14.9. The van der Waals surface area contributed by atoms with Crippen molar-refractivity contribution in [2.75, 3.05) is 11.9 Å². The number of hydrogen-bond acceptors (Lipinski definition) is 3. The number of rotatable bonds is 2. The van der Waals surface area contributed by atoms with Crippen LogP contribution in [-0.2, 0) is 4.79 Å². The Morgan fingerprint density at radius 1 is 1.48 bits per heavy atom. The Kier molecular flexibility index (Phi) is 3.85. The van der Waals surface area contributed by atoms with Gasteiger partial charge in [-0.05, 0) is 44.4 Å². The maximum absolute atomic E-state index is 12.4. The van der Waals surface area contributed by atoms with Gasteiger partial charge >= 0.3 is 12.0 Å². The molecule has 0 aliphatic carbocycles. The third-order valence-electron chi connectivity index (χ3n) is 3.96. The van der Waals surface area contributed by atoms with Crippen LogP contribution in [0.4, 0.5) is 10.5 Å². The lowest BCUT2D eigenvalue weighted by Crippen LogP contribution is -2.52. The molecule has 0 saturated carbocycles. The van der Waals surface area contributed by atoms with Crippen LogP contribution in [0.15, 0.2) is 18.2 Å². The van der Waals surface area contributed by atoms with Crippen molar-refractivity contribution in [3.05, 3.63) is 29.3 Å². The number of aryl methyl sites for hydroxylation is 1. The minimum Gasteiger partial charge on any atom is -0.480 e. The molecule has 1 aromatic rings. The third kappa shape index (κ3) is 2.68. The van der Waals surface area contributed by atoms with Crippen LogP contribution in [0.1, 0.15) is 30.9 Å². The van der Waals surface area contributed by atoms with E-state index in [-0.39, 0.29) is 0 Å². The smallest absolute Gasteiger partial charge is 0.329 e. The van der Waals surface area contributed by atoms with Crippen LogP contribution in [0.25, 0.3) is 0 Å². The Hall–Kier alpha value is -2.55. The number of amides is 2. The Morgan fingerprint density at radius 2 is 2.19 bits per heavy atom. The van der Waals surface area contributed by atoms with E-state index < -0.39 is 17.5 Å². The number of urea groups is 1. The molecule has 1 aromatic carbocycles. The van der Waals surface area contributed by atoms with Crippen molar-refractivity contribution >= 4 is 17.7 Å². The number of likely N-dealkylation sites (tertiary alicyclic amines) is 1. The van der Waals surface area contributed by atoms with Crippen LogP contribution in [0.5, 0.6) is 0 Å². The van der Waals surface area contributed by atoms with Crippen LogP contribution in [0.3, 0.4) is 0 Å². The summed E-state index contributed by atoms with van der Waals surface area (Å²) < 4.78 is 0. The number of carboxylic acid groups (broad SMARTS) is 1. The van der Waals surface area contributed by atoms with Crippen LogP contribution in [-0.4, -0.2) is 34.1 Å². The van der Waals surface area contributed by atoms with E-state index in [4.69, 9.17) is 5.26 Å². The van der Waals surface area contributed by atoms with Crippen molar-refractivity contribution in [2.45, 2.75) is 32.2 Å². The average Bonchev–Trinajstić information content (AvgIpc) is 2.85. The molecule has 1 fully saturated rings. The van der Waals surface area contributed by atoms with Gasteiger partial charge in [0.25, 0.3) is 0 Å². The molecule has 21 heavy (non-hydrogen) atoms. The molecule has 1 unspecified atom stereocenters. The Balaban J connectivity index is 2.23. The normalized spacial score (nSPS) is 20.9. The molecule has 1 saturated heterocycles. The van der Waals surface area contributed by atoms with Gasteiger partial charge < -0.3 is 15.3 Å². The summed E-state index contributed by atoms with van der Waals surface area (Å²) in [5.41, 5.74) is 0.612. The van der Waals surface area contributed by atoms with Gasteiger partial charge in [-0.15, -0.1) is 0 Å². The molecule has 110 valence electrons. The zero-order valence-electron chi connectivity index (χ0n) is 12.0. The highest BCUT2D eigenvalue weighted by molar-refractivity contribution is 5.95. The molecule has 1 heterocycles. The minimum atomic E-state index is -1.18. The minimum absolute atomic E-state index is 0.408. The third-order valence-corrected chi connectivity index (χ3v) is 3.96. The van der Waals surface area contributed by atoms with E-state index in [0.29, 0.717) is 30.6 Å². The maximum atomic E-state index is 12.4. The molecule has 2 rings (SSSR count). The Morgan fingerprint density at radius 3 is 2.81 bits per heavy atom. The van der Waals surface area contributed by atoms with Crippen molar-refractivity contribution in [1.29, 1.82) is 5.26 Å². The number of nitrogens with one attached hydrogen (secondary N) is 1. The lowest BCUT2D eigenvalue weighted by molar-refractivity contribution is -0.146. The molecule has 0 radical (unpaired) electrons. The van der Waals surface area contributed by atoms with E-state index in [1.807, 2.05) is 13.0 Å². The number of carbonyl (C=O) groups is 2. The van der Waals surface area contributed by atoms with Gasteiger partial charge in [0.15, 0.2) is 0 Å². The number of anilines is 1. The van der Waals surface area contributed by atoms with Gasteiger partial charge in [0.2, 0.25) is 0 Å². The van der Waals surface area contributed by atoms with Crippen molar-refractivity contribution in [2.24, 2.45) is 0 Å². The van der Waals surface area contributed by atoms with E-state index in [1.54, 1.807) is 25.1 Å². The van der Waals surface area contributed by atoms with Gasteiger partial charge in [-0.3, -0.25) is 0 Å². The fourth-order valence-electron chi connectivity index (χ4n) is 2.52. The summed E-state index contributed by atoms with van der Waals surface area (Å²) >= 11 is 0. The second-order valence-electron chi connectivity index (χ2n) is 5.41. The van der Waals surface area contributed by atoms with Gasteiger partial charge in [-0.2, -0.15) is 5.26 Å². The summed E-state index contributed by atoms with van der Waals surface area (Å²) in [4.78, 5) is 25.1. The fraction of sp³-hybridized carbons (Fsp3) is 0.400. The van der Waals surface area contributed by atoms with Gasteiger partial charge in [0.1, 0.15) is 5.54 Å². The standard InChI is InChI=1S/C15H17N3O3/c1-10-4-5-11(9-16)8-12(10)17-14(21)18-7-3-6-15(18,2)13(19)20/h4-5,8H,3,6-7H2,1-2H3,(H,17,21)(H,19,20). The Labute approximate surface area is 123 Å². The van der Waals surface area contributed by atoms with E-state index in [1.165, 1.54) is 4.90 Å². The summed E-state index contributed by atoms with van der Waals surface area (Å²) in [5.74, 6) is -1.00. The molecule has 1 atom stereocenters. The number of nitriles is 1. The number of hydrogen-bond donors (Lipinski definition) is 2. The predicted octanol–water partition coefficient (Wildman–Crippen LogP) is 2.34. The van der Waals surface area contributed by atoms with E-state index in [2.05, 4.69) is 5.32 Å². The lowest BCUT2D eigenvalue weighted by Gasteiger charge is -2.31. The number of carboxylic acids is 1. The van der Waals surface area contributed by atoms with Gasteiger partial charge in [0.05, 0.1) is 11.6 Å². The average molecular weight is 287 g/mol. The second-order valence-corrected chi connectivity index (χ2v) is 5.41. The summed E-state index contributed by atoms with van der Waals surface area (Å²) in [6.07, 6.45) is 1.10. The zero-order valence-corrected chi connectivity index (χ0v) is 12.0. The lowest BCUT2D eigenvalue weighted by atomic mass is 10.00. The van der Waals surface area contributed by atoms with Crippen molar-refractivity contribution in [1.82, 2.24) is 4.90 Å². The first-order valence-electron chi connectivity index (χ1n) is 6.71. The molecule has 6 heteroatoms. The largest absolute Gasteiger partial charge is 0.480 e. The zero-order chi connectivity index (χ0) is 15.6. The first-order valence-corrected chi connectivity index (χ1v) is 6.71.